The van der Waals surface area contributed by atoms with E-state index in [-0.39, 0.29) is 12.6 Å². The first kappa shape index (κ1) is 23.1. The van der Waals surface area contributed by atoms with Gasteiger partial charge in [0.15, 0.2) is 0 Å². The van der Waals surface area contributed by atoms with Crippen molar-refractivity contribution >= 4 is 17.5 Å². The summed E-state index contributed by atoms with van der Waals surface area (Å²) >= 11 is 0. The van der Waals surface area contributed by atoms with Gasteiger partial charge in [-0.3, -0.25) is 9.59 Å². The summed E-state index contributed by atoms with van der Waals surface area (Å²) in [6.45, 7) is 1.24. The molecule has 0 saturated carbocycles. The van der Waals surface area contributed by atoms with Crippen molar-refractivity contribution in [1.82, 2.24) is 14.5 Å². The van der Waals surface area contributed by atoms with E-state index in [2.05, 4.69) is 11.1 Å². The van der Waals surface area contributed by atoms with E-state index in [0.717, 1.165) is 22.5 Å². The van der Waals surface area contributed by atoms with Crippen LogP contribution in [0.1, 0.15) is 22.4 Å². The van der Waals surface area contributed by atoms with Crippen molar-refractivity contribution in [1.29, 1.82) is 5.26 Å². The fourth-order valence-corrected chi connectivity index (χ4v) is 4.57. The molecule has 4 aromatic rings. The summed E-state index contributed by atoms with van der Waals surface area (Å²) < 4.78 is 1.97. The van der Waals surface area contributed by atoms with E-state index >= 15 is 0 Å². The van der Waals surface area contributed by atoms with Crippen LogP contribution in [0.4, 0.5) is 5.69 Å². The van der Waals surface area contributed by atoms with Gasteiger partial charge >= 0.3 is 11.8 Å². The third-order valence-corrected chi connectivity index (χ3v) is 6.47. The molecule has 7 heteroatoms. The molecule has 0 unspecified atom stereocenters. The third-order valence-electron chi connectivity index (χ3n) is 6.47. The number of amides is 2. The van der Waals surface area contributed by atoms with Crippen LogP contribution < -0.4 is 4.90 Å². The summed E-state index contributed by atoms with van der Waals surface area (Å²) in [5, 5.41) is 9.05. The van der Waals surface area contributed by atoms with Gasteiger partial charge < -0.3 is 14.4 Å². The number of carbonyl (C=O) groups excluding carboxylic acids is 2. The Kier molecular flexibility index (Phi) is 6.59. The van der Waals surface area contributed by atoms with Crippen molar-refractivity contribution in [3.05, 3.63) is 120 Å². The molecular formula is C29H25N5O2. The molecule has 1 atom stereocenters. The van der Waals surface area contributed by atoms with E-state index in [1.165, 1.54) is 0 Å². The molecule has 36 heavy (non-hydrogen) atoms. The van der Waals surface area contributed by atoms with Crippen molar-refractivity contribution in [2.24, 2.45) is 0 Å². The van der Waals surface area contributed by atoms with Gasteiger partial charge in [-0.1, -0.05) is 60.7 Å². The van der Waals surface area contributed by atoms with Crippen LogP contribution in [0.25, 0.3) is 0 Å². The smallest absolute Gasteiger partial charge is 0.316 e. The second kappa shape index (κ2) is 10.3. The van der Waals surface area contributed by atoms with Crippen LogP contribution in [-0.4, -0.2) is 38.9 Å². The zero-order valence-corrected chi connectivity index (χ0v) is 19.7. The summed E-state index contributed by atoms with van der Waals surface area (Å²) in [5.41, 5.74) is 4.29. The van der Waals surface area contributed by atoms with Crippen LogP contribution in [0.3, 0.4) is 0 Å². The number of carbonyl (C=O) groups is 2. The lowest BCUT2D eigenvalue weighted by Crippen LogP contribution is -2.60. The van der Waals surface area contributed by atoms with Crippen molar-refractivity contribution in [2.45, 2.75) is 25.6 Å². The zero-order chi connectivity index (χ0) is 24.9. The Morgan fingerprint density at radius 1 is 0.833 bits per heavy atom. The fraction of sp³-hybridized carbons (Fsp3) is 0.172. The van der Waals surface area contributed by atoms with Crippen molar-refractivity contribution in [3.8, 4) is 6.07 Å². The lowest BCUT2D eigenvalue weighted by molar-refractivity contribution is -0.149. The van der Waals surface area contributed by atoms with Gasteiger partial charge in [-0.05, 0) is 41.8 Å². The molecule has 3 aromatic carbocycles. The molecule has 178 valence electrons. The van der Waals surface area contributed by atoms with Gasteiger partial charge in [0.05, 0.1) is 36.2 Å². The maximum absolute atomic E-state index is 13.5. The molecule has 1 saturated heterocycles. The van der Waals surface area contributed by atoms with Crippen LogP contribution in [0.2, 0.25) is 0 Å². The van der Waals surface area contributed by atoms with Crippen molar-refractivity contribution in [3.63, 3.8) is 0 Å². The number of hydrogen-bond donors (Lipinski definition) is 0. The summed E-state index contributed by atoms with van der Waals surface area (Å²) in [6, 6.07) is 28.7. The molecule has 1 fully saturated rings. The number of benzene rings is 3. The van der Waals surface area contributed by atoms with Crippen molar-refractivity contribution < 1.29 is 9.59 Å². The van der Waals surface area contributed by atoms with Gasteiger partial charge in [0.2, 0.25) is 0 Å². The molecule has 5 rings (SSSR count). The monoisotopic (exact) mass is 475 g/mol. The SMILES string of the molecule is N#Cc1ccc(Cn2cncc2CN2C(=O)C(=O)N(c3ccccc3)C[C@@H]2Cc2ccccc2)cc1. The van der Waals surface area contributed by atoms with Crippen molar-refractivity contribution in [2.75, 3.05) is 11.4 Å². The van der Waals surface area contributed by atoms with E-state index < -0.39 is 11.8 Å². The van der Waals surface area contributed by atoms with Crippen LogP contribution in [0, 0.1) is 11.3 Å². The lowest BCUT2D eigenvalue weighted by Gasteiger charge is -2.40. The molecule has 0 bridgehead atoms. The molecule has 1 aliphatic heterocycles. The minimum absolute atomic E-state index is 0.198. The topological polar surface area (TPSA) is 82.2 Å². The minimum Gasteiger partial charge on any atom is -0.329 e. The number of rotatable bonds is 7. The minimum atomic E-state index is -0.524. The first-order valence-corrected chi connectivity index (χ1v) is 11.8. The van der Waals surface area contributed by atoms with E-state index in [1.807, 2.05) is 77.4 Å². The predicted molar refractivity (Wildman–Crippen MR) is 136 cm³/mol. The number of nitrogens with zero attached hydrogens (tertiary/aromatic N) is 5. The molecule has 1 aromatic heterocycles. The maximum atomic E-state index is 13.5. The number of aromatic nitrogens is 2. The van der Waals surface area contributed by atoms with E-state index in [4.69, 9.17) is 5.26 Å². The first-order valence-electron chi connectivity index (χ1n) is 11.8. The second-order valence-corrected chi connectivity index (χ2v) is 8.85. The molecular weight excluding hydrogens is 450 g/mol. The zero-order valence-electron chi connectivity index (χ0n) is 19.7. The summed E-state index contributed by atoms with van der Waals surface area (Å²) in [5.74, 6) is -1.04. The average molecular weight is 476 g/mol. The van der Waals surface area contributed by atoms with Crippen LogP contribution in [0.15, 0.2) is 97.5 Å². The van der Waals surface area contributed by atoms with Gasteiger partial charge in [0.1, 0.15) is 0 Å². The molecule has 7 nitrogen and oxygen atoms in total. The highest BCUT2D eigenvalue weighted by Crippen LogP contribution is 2.24. The molecule has 2 heterocycles. The number of para-hydroxylation sites is 1. The number of imidazole rings is 1. The standard InChI is InChI=1S/C29H25N5O2/c30-16-23-11-13-24(14-12-23)18-32-21-31-17-27(32)20-34-26(15-22-7-3-1-4-8-22)19-33(28(35)29(34)36)25-9-5-2-6-10-25/h1-14,17,21,26H,15,18-20H2/t26-/m0/s1. The second-order valence-electron chi connectivity index (χ2n) is 8.85. The molecule has 2 amide bonds. The number of piperazine rings is 1. The Balaban J connectivity index is 1.42. The number of anilines is 1. The number of nitriles is 1. The van der Waals surface area contributed by atoms with Gasteiger partial charge in [-0.25, -0.2) is 4.98 Å². The normalized spacial score (nSPS) is 15.7. The Morgan fingerprint density at radius 2 is 1.53 bits per heavy atom. The third kappa shape index (κ3) is 4.89. The summed E-state index contributed by atoms with van der Waals surface area (Å²) in [6.07, 6.45) is 4.10. The molecule has 0 spiro atoms. The van der Waals surface area contributed by atoms with Gasteiger partial charge in [-0.15, -0.1) is 0 Å². The molecule has 0 aliphatic carbocycles. The lowest BCUT2D eigenvalue weighted by atomic mass is 10.0. The average Bonchev–Trinajstić information content (AvgIpc) is 3.36. The largest absolute Gasteiger partial charge is 0.329 e. The first-order chi connectivity index (χ1) is 17.6. The highest BCUT2D eigenvalue weighted by atomic mass is 16.2. The van der Waals surface area contributed by atoms with Gasteiger partial charge in [0.25, 0.3) is 0 Å². The van der Waals surface area contributed by atoms with Crippen LogP contribution in [-0.2, 0) is 29.1 Å². The summed E-state index contributed by atoms with van der Waals surface area (Å²) in [4.78, 5) is 34.2. The fourth-order valence-electron chi connectivity index (χ4n) is 4.57. The van der Waals surface area contributed by atoms with Gasteiger partial charge in [-0.2, -0.15) is 5.26 Å². The molecule has 0 N–H and O–H groups in total. The Hall–Kier alpha value is -4.70. The van der Waals surface area contributed by atoms with E-state index in [9.17, 15) is 9.59 Å². The van der Waals surface area contributed by atoms with E-state index in [1.54, 1.807) is 34.5 Å². The van der Waals surface area contributed by atoms with Gasteiger partial charge in [0, 0.05) is 25.0 Å². The Bertz CT molecular complexity index is 1390. The Labute approximate surface area is 209 Å². The maximum Gasteiger partial charge on any atom is 0.316 e. The molecule has 0 radical (unpaired) electrons. The van der Waals surface area contributed by atoms with Crippen LogP contribution in [0.5, 0.6) is 0 Å². The summed E-state index contributed by atoms with van der Waals surface area (Å²) in [7, 11) is 0. The molecule has 1 aliphatic rings. The number of hydrogen-bond acceptors (Lipinski definition) is 4. The highest BCUT2D eigenvalue weighted by molar-refractivity contribution is 6.41. The van der Waals surface area contributed by atoms with Crippen LogP contribution >= 0.6 is 0 Å². The highest BCUT2D eigenvalue weighted by Gasteiger charge is 2.40. The van der Waals surface area contributed by atoms with E-state index in [0.29, 0.717) is 25.1 Å². The quantitative estimate of drug-likeness (QED) is 0.381. The predicted octanol–water partition coefficient (Wildman–Crippen LogP) is 3.79. The Morgan fingerprint density at radius 3 is 2.22 bits per heavy atom.